The molecule has 1 fully saturated rings. The van der Waals surface area contributed by atoms with Gasteiger partial charge >= 0.3 is 0 Å². The standard InChI is InChI=1S/C7H10ClF3/c8-7(5-11)2-1-6(7,3-9)4-10/h1-5H2. The maximum absolute atomic E-state index is 12.3. The lowest BCUT2D eigenvalue weighted by Gasteiger charge is -2.51. The molecule has 0 aromatic heterocycles. The first kappa shape index (κ1) is 9.17. The van der Waals surface area contributed by atoms with Gasteiger partial charge in [-0.2, -0.15) is 0 Å². The van der Waals surface area contributed by atoms with Crippen molar-refractivity contribution in [3.8, 4) is 0 Å². The first-order chi connectivity index (χ1) is 5.14. The Morgan fingerprint density at radius 2 is 1.55 bits per heavy atom. The quantitative estimate of drug-likeness (QED) is 0.595. The molecule has 4 heteroatoms. The molecule has 0 heterocycles. The Balaban J connectivity index is 2.70. The SMILES string of the molecule is FCC1(Cl)CCC1(CF)CF. The van der Waals surface area contributed by atoms with Crippen molar-refractivity contribution in [3.63, 3.8) is 0 Å². The number of rotatable bonds is 3. The maximum atomic E-state index is 12.3. The zero-order chi connectivity index (χ0) is 8.54. The van der Waals surface area contributed by atoms with Crippen LogP contribution in [-0.4, -0.2) is 24.9 Å². The predicted molar refractivity (Wildman–Crippen MR) is 38.2 cm³/mol. The van der Waals surface area contributed by atoms with Gasteiger partial charge in [0.15, 0.2) is 0 Å². The van der Waals surface area contributed by atoms with E-state index in [-0.39, 0.29) is 0 Å². The molecule has 0 aromatic rings. The van der Waals surface area contributed by atoms with E-state index in [0.717, 1.165) is 0 Å². The van der Waals surface area contributed by atoms with Crippen LogP contribution < -0.4 is 0 Å². The van der Waals surface area contributed by atoms with E-state index in [4.69, 9.17) is 11.6 Å². The molecular formula is C7H10ClF3. The topological polar surface area (TPSA) is 0 Å². The van der Waals surface area contributed by atoms with Crippen molar-refractivity contribution in [2.75, 3.05) is 20.0 Å². The molecule has 66 valence electrons. The summed E-state index contributed by atoms with van der Waals surface area (Å²) in [6.07, 6.45) is 0.728. The van der Waals surface area contributed by atoms with Gasteiger partial charge in [0.05, 0.1) is 18.2 Å². The smallest absolute Gasteiger partial charge is 0.109 e. The van der Waals surface area contributed by atoms with Crippen LogP contribution in [0.5, 0.6) is 0 Å². The van der Waals surface area contributed by atoms with Crippen molar-refractivity contribution in [2.24, 2.45) is 5.41 Å². The molecule has 0 N–H and O–H groups in total. The second-order valence-electron chi connectivity index (χ2n) is 3.15. The molecule has 1 atom stereocenters. The van der Waals surface area contributed by atoms with Crippen molar-refractivity contribution in [1.82, 2.24) is 0 Å². The molecule has 1 aliphatic carbocycles. The van der Waals surface area contributed by atoms with Gasteiger partial charge in [-0.15, -0.1) is 11.6 Å². The average Bonchev–Trinajstić information content (AvgIpc) is 2.04. The molecule has 1 rings (SSSR count). The summed E-state index contributed by atoms with van der Waals surface area (Å²) in [7, 11) is 0. The maximum Gasteiger partial charge on any atom is 0.109 e. The minimum absolute atomic E-state index is 0.355. The van der Waals surface area contributed by atoms with Crippen LogP contribution >= 0.6 is 11.6 Å². The summed E-state index contributed by atoms with van der Waals surface area (Å²) in [5.41, 5.74) is -1.23. The first-order valence-electron chi connectivity index (χ1n) is 3.51. The third kappa shape index (κ3) is 1.05. The van der Waals surface area contributed by atoms with Crippen LogP contribution in [0.25, 0.3) is 0 Å². The fourth-order valence-corrected chi connectivity index (χ4v) is 1.66. The van der Waals surface area contributed by atoms with Crippen molar-refractivity contribution in [1.29, 1.82) is 0 Å². The summed E-state index contributed by atoms with van der Waals surface area (Å²) in [5, 5.41) is 0. The summed E-state index contributed by atoms with van der Waals surface area (Å²) < 4.78 is 36.8. The normalized spacial score (nSPS) is 34.9. The molecule has 1 aliphatic rings. The largest absolute Gasteiger partial charge is 0.250 e. The minimum atomic E-state index is -1.27. The van der Waals surface area contributed by atoms with Crippen LogP contribution in [0.4, 0.5) is 13.2 Å². The van der Waals surface area contributed by atoms with Crippen LogP contribution in [0.15, 0.2) is 0 Å². The molecule has 0 spiro atoms. The van der Waals surface area contributed by atoms with Gasteiger partial charge in [0.2, 0.25) is 0 Å². The van der Waals surface area contributed by atoms with Gasteiger partial charge < -0.3 is 0 Å². The van der Waals surface area contributed by atoms with Gasteiger partial charge in [-0.1, -0.05) is 0 Å². The Morgan fingerprint density at radius 1 is 1.00 bits per heavy atom. The molecular weight excluding hydrogens is 177 g/mol. The molecule has 0 amide bonds. The zero-order valence-electron chi connectivity index (χ0n) is 6.05. The number of halogens is 4. The third-order valence-corrected chi connectivity index (χ3v) is 3.36. The second-order valence-corrected chi connectivity index (χ2v) is 3.87. The molecule has 0 saturated heterocycles. The highest BCUT2D eigenvalue weighted by molar-refractivity contribution is 6.25. The Morgan fingerprint density at radius 3 is 1.64 bits per heavy atom. The lowest BCUT2D eigenvalue weighted by Crippen LogP contribution is -2.57. The third-order valence-electron chi connectivity index (χ3n) is 2.67. The van der Waals surface area contributed by atoms with E-state index in [9.17, 15) is 13.2 Å². The fraction of sp³-hybridized carbons (Fsp3) is 1.00. The highest BCUT2D eigenvalue weighted by atomic mass is 35.5. The highest BCUT2D eigenvalue weighted by Gasteiger charge is 2.58. The summed E-state index contributed by atoms with van der Waals surface area (Å²) in [4.78, 5) is -1.27. The summed E-state index contributed by atoms with van der Waals surface area (Å²) in [5.74, 6) is 0. The first-order valence-corrected chi connectivity index (χ1v) is 3.89. The molecule has 0 radical (unpaired) electrons. The van der Waals surface area contributed by atoms with E-state index < -0.39 is 30.3 Å². The number of hydrogen-bond acceptors (Lipinski definition) is 0. The summed E-state index contributed by atoms with van der Waals surface area (Å²) in [6, 6.07) is 0. The van der Waals surface area contributed by atoms with E-state index in [0.29, 0.717) is 12.8 Å². The second kappa shape index (κ2) is 2.85. The Labute approximate surface area is 68.7 Å². The predicted octanol–water partition coefficient (Wildman–Crippen LogP) is 2.65. The number of hydrogen-bond donors (Lipinski definition) is 0. The monoisotopic (exact) mass is 186 g/mol. The molecule has 0 bridgehead atoms. The van der Waals surface area contributed by atoms with Crippen molar-refractivity contribution >= 4 is 11.6 Å². The lowest BCUT2D eigenvalue weighted by molar-refractivity contribution is -0.00963. The van der Waals surface area contributed by atoms with Crippen molar-refractivity contribution < 1.29 is 13.2 Å². The Hall–Kier alpha value is 0.0800. The van der Waals surface area contributed by atoms with Crippen LogP contribution in [0.2, 0.25) is 0 Å². The molecule has 1 unspecified atom stereocenters. The van der Waals surface area contributed by atoms with Crippen LogP contribution in [0.3, 0.4) is 0 Å². The van der Waals surface area contributed by atoms with Gasteiger partial charge in [0.1, 0.15) is 6.67 Å². The van der Waals surface area contributed by atoms with Crippen LogP contribution in [0, 0.1) is 5.41 Å². The van der Waals surface area contributed by atoms with Crippen LogP contribution in [0.1, 0.15) is 12.8 Å². The van der Waals surface area contributed by atoms with Gasteiger partial charge in [-0.3, -0.25) is 8.78 Å². The molecule has 0 aromatic carbocycles. The van der Waals surface area contributed by atoms with E-state index >= 15 is 0 Å². The van der Waals surface area contributed by atoms with Gasteiger partial charge in [-0.25, -0.2) is 4.39 Å². The fourth-order valence-electron chi connectivity index (χ4n) is 1.37. The highest BCUT2D eigenvalue weighted by Crippen LogP contribution is 2.55. The molecule has 11 heavy (non-hydrogen) atoms. The summed E-state index contributed by atoms with van der Waals surface area (Å²) >= 11 is 5.66. The molecule has 0 nitrogen and oxygen atoms in total. The zero-order valence-corrected chi connectivity index (χ0v) is 6.80. The Bertz CT molecular complexity index is 137. The van der Waals surface area contributed by atoms with E-state index in [1.54, 1.807) is 0 Å². The van der Waals surface area contributed by atoms with Crippen molar-refractivity contribution in [2.45, 2.75) is 17.7 Å². The van der Waals surface area contributed by atoms with Gasteiger partial charge in [-0.05, 0) is 12.8 Å². The lowest BCUT2D eigenvalue weighted by atomic mass is 9.61. The van der Waals surface area contributed by atoms with Gasteiger partial charge in [0.25, 0.3) is 0 Å². The van der Waals surface area contributed by atoms with Crippen LogP contribution in [-0.2, 0) is 0 Å². The number of alkyl halides is 4. The Kier molecular flexibility index (Phi) is 2.37. The van der Waals surface area contributed by atoms with Crippen molar-refractivity contribution in [3.05, 3.63) is 0 Å². The molecule has 1 saturated carbocycles. The van der Waals surface area contributed by atoms with E-state index in [2.05, 4.69) is 0 Å². The summed E-state index contributed by atoms with van der Waals surface area (Å²) in [6.45, 7) is -2.57. The minimum Gasteiger partial charge on any atom is -0.250 e. The van der Waals surface area contributed by atoms with E-state index in [1.807, 2.05) is 0 Å². The average molecular weight is 187 g/mol. The molecule has 0 aliphatic heterocycles. The van der Waals surface area contributed by atoms with E-state index in [1.165, 1.54) is 0 Å². The van der Waals surface area contributed by atoms with Gasteiger partial charge in [0, 0.05) is 5.41 Å².